The molecule has 1 aliphatic heterocycles. The molecule has 1 atom stereocenters. The molecule has 0 radical (unpaired) electrons. The van der Waals surface area contributed by atoms with E-state index in [-0.39, 0.29) is 18.1 Å². The van der Waals surface area contributed by atoms with Gasteiger partial charge in [0.05, 0.1) is 17.8 Å². The number of likely N-dealkylation sites (N-methyl/N-ethyl adjacent to an activating group) is 1. The molecule has 0 N–H and O–H groups in total. The number of hydrogen-bond acceptors (Lipinski definition) is 3. The first-order chi connectivity index (χ1) is 14.0. The molecule has 0 aromatic heterocycles. The Morgan fingerprint density at radius 1 is 1.17 bits per heavy atom. The maximum Gasteiger partial charge on any atom is 0.244 e. The van der Waals surface area contributed by atoms with E-state index in [1.807, 2.05) is 37.4 Å². The first-order valence-corrected chi connectivity index (χ1v) is 11.3. The monoisotopic (exact) mass is 434 g/mol. The van der Waals surface area contributed by atoms with Crippen molar-refractivity contribution < 1.29 is 9.53 Å². The lowest BCUT2D eigenvalue weighted by Gasteiger charge is -2.32. The number of rotatable bonds is 6. The lowest BCUT2D eigenvalue weighted by molar-refractivity contribution is -0.122. The minimum atomic E-state index is -0.150. The van der Waals surface area contributed by atoms with Crippen LogP contribution in [0.25, 0.3) is 0 Å². The first-order valence-electron chi connectivity index (χ1n) is 10.5. The zero-order valence-electron chi connectivity index (χ0n) is 16.9. The Hall–Kier alpha value is -1.49. The number of halogens is 2. The highest BCUT2D eigenvalue weighted by Gasteiger charge is 2.34. The molecule has 1 saturated carbocycles. The van der Waals surface area contributed by atoms with Crippen molar-refractivity contribution in [2.45, 2.75) is 57.1 Å². The summed E-state index contributed by atoms with van der Waals surface area (Å²) in [6, 6.07) is 7.70. The quantitative estimate of drug-likeness (QED) is 0.596. The van der Waals surface area contributed by atoms with E-state index in [4.69, 9.17) is 27.9 Å². The van der Waals surface area contributed by atoms with Crippen LogP contribution in [0.15, 0.2) is 46.0 Å². The van der Waals surface area contributed by atoms with E-state index in [0.717, 1.165) is 72.1 Å². The molecule has 6 heteroatoms. The van der Waals surface area contributed by atoms with Crippen LogP contribution in [0.1, 0.15) is 44.9 Å². The number of ether oxygens (including phenoxy) is 1. The van der Waals surface area contributed by atoms with Crippen LogP contribution in [0.5, 0.6) is 5.75 Å². The Labute approximate surface area is 183 Å². The van der Waals surface area contributed by atoms with Gasteiger partial charge < -0.3 is 9.64 Å². The van der Waals surface area contributed by atoms with Crippen molar-refractivity contribution in [2.75, 3.05) is 25.0 Å². The highest BCUT2D eigenvalue weighted by Crippen LogP contribution is 2.34. The molecule has 0 unspecified atom stereocenters. The Morgan fingerprint density at radius 3 is 2.72 bits per heavy atom. The summed E-state index contributed by atoms with van der Waals surface area (Å²) in [7, 11) is 1.85. The van der Waals surface area contributed by atoms with Gasteiger partial charge in [-0.2, -0.15) is 0 Å². The fraction of sp³-hybridized carbons (Fsp3) is 0.522. The lowest BCUT2D eigenvalue weighted by Crippen LogP contribution is -2.45. The van der Waals surface area contributed by atoms with Crippen molar-refractivity contribution in [1.82, 2.24) is 4.90 Å². The Kier molecular flexibility index (Phi) is 6.53. The fourth-order valence-corrected chi connectivity index (χ4v) is 4.65. The number of amides is 1. The lowest BCUT2D eigenvalue weighted by atomic mass is 9.96. The molecule has 29 heavy (non-hydrogen) atoms. The Morgan fingerprint density at radius 2 is 1.97 bits per heavy atom. The third-order valence-corrected chi connectivity index (χ3v) is 6.92. The fourth-order valence-electron chi connectivity index (χ4n) is 4.22. The SMILES string of the molecule is CN(C(=O)[C@@H]1CCCN1CC1=C(Cl)CCC(Cl)=C1)c1ccccc1OC1CCC1. The molecule has 0 bridgehead atoms. The molecule has 2 aliphatic carbocycles. The zero-order chi connectivity index (χ0) is 20.4. The van der Waals surface area contributed by atoms with Gasteiger partial charge in [-0.25, -0.2) is 0 Å². The zero-order valence-corrected chi connectivity index (χ0v) is 18.4. The van der Waals surface area contributed by atoms with Crippen molar-refractivity contribution in [1.29, 1.82) is 0 Å². The second-order valence-electron chi connectivity index (χ2n) is 8.19. The normalized spacial score (nSPS) is 23.0. The van der Waals surface area contributed by atoms with Gasteiger partial charge in [0, 0.05) is 23.7 Å². The number of hydrogen-bond donors (Lipinski definition) is 0. The molecule has 1 heterocycles. The van der Waals surface area contributed by atoms with Gasteiger partial charge in [-0.3, -0.25) is 9.69 Å². The molecule has 1 saturated heterocycles. The van der Waals surface area contributed by atoms with Crippen LogP contribution >= 0.6 is 23.2 Å². The molecule has 156 valence electrons. The molecule has 1 aromatic carbocycles. The molecular weight excluding hydrogens is 407 g/mol. The highest BCUT2D eigenvalue weighted by molar-refractivity contribution is 6.32. The minimum Gasteiger partial charge on any atom is -0.488 e. The van der Waals surface area contributed by atoms with Gasteiger partial charge in [-0.15, -0.1) is 0 Å². The van der Waals surface area contributed by atoms with Gasteiger partial charge in [0.2, 0.25) is 5.91 Å². The van der Waals surface area contributed by atoms with E-state index < -0.39 is 0 Å². The number of nitrogens with zero attached hydrogens (tertiary/aromatic N) is 2. The van der Waals surface area contributed by atoms with Crippen molar-refractivity contribution in [3.63, 3.8) is 0 Å². The van der Waals surface area contributed by atoms with Crippen LogP contribution in [0.4, 0.5) is 5.69 Å². The Bertz CT molecular complexity index is 832. The first kappa shape index (κ1) is 20.8. The second-order valence-corrected chi connectivity index (χ2v) is 9.13. The summed E-state index contributed by atoms with van der Waals surface area (Å²) in [5, 5.41) is 1.70. The Balaban J connectivity index is 1.48. The summed E-state index contributed by atoms with van der Waals surface area (Å²) in [5.41, 5.74) is 1.88. The minimum absolute atomic E-state index is 0.106. The van der Waals surface area contributed by atoms with Gasteiger partial charge in [0.15, 0.2) is 0 Å². The number of benzene rings is 1. The van der Waals surface area contributed by atoms with Gasteiger partial charge >= 0.3 is 0 Å². The number of para-hydroxylation sites is 2. The molecular formula is C23H28Cl2N2O2. The van der Waals surface area contributed by atoms with E-state index in [0.29, 0.717) is 6.54 Å². The van der Waals surface area contributed by atoms with E-state index >= 15 is 0 Å². The average molecular weight is 435 g/mol. The molecule has 4 rings (SSSR count). The molecule has 3 aliphatic rings. The molecule has 1 aromatic rings. The smallest absolute Gasteiger partial charge is 0.244 e. The van der Waals surface area contributed by atoms with Gasteiger partial charge in [0.1, 0.15) is 5.75 Å². The van der Waals surface area contributed by atoms with E-state index in [1.54, 1.807) is 4.90 Å². The summed E-state index contributed by atoms with van der Waals surface area (Å²) in [5.74, 6) is 0.903. The topological polar surface area (TPSA) is 32.8 Å². The van der Waals surface area contributed by atoms with Crippen molar-refractivity contribution in [2.24, 2.45) is 0 Å². The summed E-state index contributed by atoms with van der Waals surface area (Å²) < 4.78 is 6.13. The van der Waals surface area contributed by atoms with E-state index in [2.05, 4.69) is 4.90 Å². The van der Waals surface area contributed by atoms with Crippen LogP contribution in [0.3, 0.4) is 0 Å². The summed E-state index contributed by atoms with van der Waals surface area (Å²) in [4.78, 5) is 17.4. The average Bonchev–Trinajstić information content (AvgIpc) is 3.15. The van der Waals surface area contributed by atoms with Crippen LogP contribution in [0.2, 0.25) is 0 Å². The van der Waals surface area contributed by atoms with E-state index in [9.17, 15) is 4.79 Å². The number of carbonyl (C=O) groups excluding carboxylic acids is 1. The summed E-state index contributed by atoms with van der Waals surface area (Å²) in [6.07, 6.45) is 9.09. The maximum atomic E-state index is 13.4. The molecule has 1 amide bonds. The largest absolute Gasteiger partial charge is 0.488 e. The number of likely N-dealkylation sites (tertiary alicyclic amines) is 1. The summed E-state index contributed by atoms with van der Waals surface area (Å²) >= 11 is 12.7. The predicted octanol–water partition coefficient (Wildman–Crippen LogP) is 5.45. The van der Waals surface area contributed by atoms with Crippen molar-refractivity contribution in [3.05, 3.63) is 46.0 Å². The predicted molar refractivity (Wildman–Crippen MR) is 119 cm³/mol. The number of anilines is 1. The van der Waals surface area contributed by atoms with Crippen LogP contribution in [0, 0.1) is 0 Å². The number of allylic oxidation sites excluding steroid dienone is 2. The summed E-state index contributed by atoms with van der Waals surface area (Å²) in [6.45, 7) is 1.56. The van der Waals surface area contributed by atoms with Crippen LogP contribution < -0.4 is 9.64 Å². The maximum absolute atomic E-state index is 13.4. The third-order valence-electron chi connectivity index (χ3n) is 6.19. The highest BCUT2D eigenvalue weighted by atomic mass is 35.5. The molecule has 4 nitrogen and oxygen atoms in total. The van der Waals surface area contributed by atoms with Gasteiger partial charge in [-0.05, 0) is 75.3 Å². The van der Waals surface area contributed by atoms with Gasteiger partial charge in [-0.1, -0.05) is 35.3 Å². The molecule has 0 spiro atoms. The van der Waals surface area contributed by atoms with Crippen molar-refractivity contribution >= 4 is 34.8 Å². The second kappa shape index (κ2) is 9.11. The number of carbonyl (C=O) groups is 1. The molecule has 2 fully saturated rings. The van der Waals surface area contributed by atoms with Crippen LogP contribution in [-0.4, -0.2) is 43.1 Å². The van der Waals surface area contributed by atoms with Crippen molar-refractivity contribution in [3.8, 4) is 5.75 Å². The standard InChI is InChI=1S/C23H28Cl2N2O2/c1-26(20-8-2-3-10-22(20)29-18-6-4-7-18)23(28)21-9-5-13-27(21)15-16-14-17(24)11-12-19(16)25/h2-3,8,10,14,18,21H,4-7,9,11-13,15H2,1H3/t21-/m0/s1. The van der Waals surface area contributed by atoms with Crippen LogP contribution in [-0.2, 0) is 4.79 Å². The third kappa shape index (κ3) is 4.65. The van der Waals surface area contributed by atoms with Gasteiger partial charge in [0.25, 0.3) is 0 Å². The van der Waals surface area contributed by atoms with E-state index in [1.165, 1.54) is 6.42 Å².